The van der Waals surface area contributed by atoms with Crippen molar-refractivity contribution in [1.29, 1.82) is 0 Å². The molecule has 1 heterocycles. The predicted molar refractivity (Wildman–Crippen MR) is 54.1 cm³/mol. The van der Waals surface area contributed by atoms with Gasteiger partial charge in [0.2, 0.25) is 0 Å². The van der Waals surface area contributed by atoms with E-state index in [0.29, 0.717) is 13.1 Å². The van der Waals surface area contributed by atoms with E-state index in [4.69, 9.17) is 5.73 Å². The van der Waals surface area contributed by atoms with Crippen molar-refractivity contribution in [3.63, 3.8) is 0 Å². The van der Waals surface area contributed by atoms with E-state index in [-0.39, 0.29) is 37.8 Å². The van der Waals surface area contributed by atoms with Gasteiger partial charge in [0.1, 0.15) is 0 Å². The molecular formula is C7H16Cl2F2N2. The Bertz CT molecular complexity index is 146. The van der Waals surface area contributed by atoms with E-state index in [2.05, 4.69) is 0 Å². The van der Waals surface area contributed by atoms with Gasteiger partial charge in [-0.25, -0.2) is 8.78 Å². The fraction of sp³-hybridized carbons (Fsp3) is 1.00. The first-order valence-corrected chi connectivity index (χ1v) is 3.82. The van der Waals surface area contributed by atoms with Crippen molar-refractivity contribution in [1.82, 2.24) is 4.90 Å². The van der Waals surface area contributed by atoms with Crippen LogP contribution in [0.15, 0.2) is 0 Å². The number of hydrogen-bond donors (Lipinski definition) is 1. The first-order valence-electron chi connectivity index (χ1n) is 3.82. The minimum atomic E-state index is -2.54. The van der Waals surface area contributed by atoms with Crippen LogP contribution in [0.3, 0.4) is 0 Å². The van der Waals surface area contributed by atoms with Gasteiger partial charge in [0.05, 0.1) is 0 Å². The Labute approximate surface area is 89.7 Å². The number of hydrogen-bond acceptors (Lipinski definition) is 2. The van der Waals surface area contributed by atoms with E-state index < -0.39 is 11.8 Å². The molecule has 1 atom stereocenters. The van der Waals surface area contributed by atoms with Crippen LogP contribution in [0.4, 0.5) is 8.78 Å². The Balaban J connectivity index is 0. The number of piperidine rings is 1. The first-order chi connectivity index (χ1) is 5.06. The van der Waals surface area contributed by atoms with Gasteiger partial charge in [-0.15, -0.1) is 24.8 Å². The molecule has 0 aromatic heterocycles. The molecule has 0 radical (unpaired) electrons. The number of nitrogens with two attached hydrogens (primary N) is 1. The molecular weight excluding hydrogens is 221 g/mol. The molecule has 0 aliphatic carbocycles. The predicted octanol–water partition coefficient (Wildman–Crippen LogP) is 1.38. The van der Waals surface area contributed by atoms with E-state index in [0.717, 1.165) is 0 Å². The van der Waals surface area contributed by atoms with Crippen molar-refractivity contribution in [3.8, 4) is 0 Å². The van der Waals surface area contributed by atoms with Gasteiger partial charge in [0.25, 0.3) is 5.92 Å². The zero-order valence-electron chi connectivity index (χ0n) is 7.50. The molecule has 1 fully saturated rings. The lowest BCUT2D eigenvalue weighted by Crippen LogP contribution is -2.48. The van der Waals surface area contributed by atoms with Crippen molar-refractivity contribution in [3.05, 3.63) is 0 Å². The maximum atomic E-state index is 12.9. The molecule has 1 saturated heterocycles. The van der Waals surface area contributed by atoms with Crippen molar-refractivity contribution in [2.75, 3.05) is 26.7 Å². The van der Waals surface area contributed by atoms with E-state index in [1.54, 1.807) is 0 Å². The van der Waals surface area contributed by atoms with Crippen LogP contribution in [0.2, 0.25) is 0 Å². The van der Waals surface area contributed by atoms with Gasteiger partial charge >= 0.3 is 0 Å². The lowest BCUT2D eigenvalue weighted by Gasteiger charge is -2.35. The molecule has 82 valence electrons. The lowest BCUT2D eigenvalue weighted by molar-refractivity contribution is -0.0976. The van der Waals surface area contributed by atoms with Gasteiger partial charge in [-0.2, -0.15) is 0 Å². The van der Waals surface area contributed by atoms with Gasteiger partial charge < -0.3 is 10.6 Å². The standard InChI is InChI=1S/C7H14F2N2.2ClH/c1-11-3-2-7(8,9)6(4-10)5-11;;/h6H,2-5,10H2,1H3;2*1H. The summed E-state index contributed by atoms with van der Waals surface area (Å²) in [6.45, 7) is 0.977. The number of alkyl halides is 2. The quantitative estimate of drug-likeness (QED) is 0.746. The third-order valence-corrected chi connectivity index (χ3v) is 2.24. The minimum absolute atomic E-state index is 0. The Morgan fingerprint density at radius 1 is 1.46 bits per heavy atom. The van der Waals surface area contributed by atoms with E-state index >= 15 is 0 Å². The second-order valence-corrected chi connectivity index (χ2v) is 3.21. The van der Waals surface area contributed by atoms with Crippen molar-refractivity contribution < 1.29 is 8.78 Å². The van der Waals surface area contributed by atoms with Crippen LogP contribution < -0.4 is 5.73 Å². The molecule has 2 nitrogen and oxygen atoms in total. The van der Waals surface area contributed by atoms with Crippen molar-refractivity contribution >= 4 is 24.8 Å². The fourth-order valence-corrected chi connectivity index (χ4v) is 1.39. The summed E-state index contributed by atoms with van der Waals surface area (Å²) in [7, 11) is 1.85. The normalized spacial score (nSPS) is 27.2. The molecule has 2 N–H and O–H groups in total. The average molecular weight is 237 g/mol. The Morgan fingerprint density at radius 3 is 2.38 bits per heavy atom. The number of nitrogens with zero attached hydrogens (tertiary/aromatic N) is 1. The molecule has 0 amide bonds. The summed E-state index contributed by atoms with van der Waals surface area (Å²) in [5.74, 6) is -3.19. The van der Waals surface area contributed by atoms with E-state index in [1.165, 1.54) is 0 Å². The summed E-state index contributed by atoms with van der Waals surface area (Å²) in [5, 5.41) is 0. The molecule has 0 bridgehead atoms. The number of likely N-dealkylation sites (tertiary alicyclic amines) is 1. The molecule has 6 heteroatoms. The third-order valence-electron chi connectivity index (χ3n) is 2.24. The summed E-state index contributed by atoms with van der Waals surface area (Å²) in [5.41, 5.74) is 5.23. The van der Waals surface area contributed by atoms with Crippen LogP contribution in [0, 0.1) is 5.92 Å². The Hall–Kier alpha value is 0.360. The van der Waals surface area contributed by atoms with Gasteiger partial charge in [-0.3, -0.25) is 0 Å². The summed E-state index contributed by atoms with van der Waals surface area (Å²) in [6, 6.07) is 0. The number of halogens is 4. The molecule has 0 spiro atoms. The van der Waals surface area contributed by atoms with Crippen LogP contribution in [0.25, 0.3) is 0 Å². The highest BCUT2D eigenvalue weighted by Crippen LogP contribution is 2.31. The van der Waals surface area contributed by atoms with Crippen molar-refractivity contribution in [2.45, 2.75) is 12.3 Å². The topological polar surface area (TPSA) is 29.3 Å². The van der Waals surface area contributed by atoms with Crippen LogP contribution in [-0.4, -0.2) is 37.5 Å². The number of rotatable bonds is 1. The first kappa shape index (κ1) is 15.8. The lowest BCUT2D eigenvalue weighted by atomic mass is 9.94. The van der Waals surface area contributed by atoms with E-state index in [1.807, 2.05) is 11.9 Å². The molecule has 0 aromatic rings. The van der Waals surface area contributed by atoms with Crippen LogP contribution in [0.5, 0.6) is 0 Å². The summed E-state index contributed by atoms with van der Waals surface area (Å²) < 4.78 is 25.9. The highest BCUT2D eigenvalue weighted by Gasteiger charge is 2.41. The molecule has 1 rings (SSSR count). The minimum Gasteiger partial charge on any atom is -0.330 e. The second kappa shape index (κ2) is 5.96. The zero-order chi connectivity index (χ0) is 8.48. The van der Waals surface area contributed by atoms with Crippen LogP contribution in [0.1, 0.15) is 6.42 Å². The van der Waals surface area contributed by atoms with Crippen LogP contribution >= 0.6 is 24.8 Å². The summed E-state index contributed by atoms with van der Waals surface area (Å²) >= 11 is 0. The highest BCUT2D eigenvalue weighted by molar-refractivity contribution is 5.85. The Kier molecular flexibility index (Phi) is 7.25. The molecule has 0 saturated carbocycles. The van der Waals surface area contributed by atoms with Gasteiger partial charge in [-0.05, 0) is 7.05 Å². The van der Waals surface area contributed by atoms with E-state index in [9.17, 15) is 8.78 Å². The smallest absolute Gasteiger partial charge is 0.254 e. The molecule has 13 heavy (non-hydrogen) atoms. The monoisotopic (exact) mass is 236 g/mol. The molecule has 1 aliphatic heterocycles. The maximum absolute atomic E-state index is 12.9. The summed E-state index contributed by atoms with van der Waals surface area (Å²) in [4.78, 5) is 1.90. The maximum Gasteiger partial charge on any atom is 0.254 e. The largest absolute Gasteiger partial charge is 0.330 e. The highest BCUT2D eigenvalue weighted by atomic mass is 35.5. The van der Waals surface area contributed by atoms with Crippen LogP contribution in [-0.2, 0) is 0 Å². The zero-order valence-corrected chi connectivity index (χ0v) is 9.14. The second-order valence-electron chi connectivity index (χ2n) is 3.21. The molecule has 1 unspecified atom stereocenters. The van der Waals surface area contributed by atoms with Gasteiger partial charge in [-0.1, -0.05) is 0 Å². The fourth-order valence-electron chi connectivity index (χ4n) is 1.39. The molecule has 1 aliphatic rings. The van der Waals surface area contributed by atoms with Gasteiger partial charge in [0, 0.05) is 32.0 Å². The SMILES string of the molecule is CN1CCC(F)(F)C(CN)C1.Cl.Cl. The molecule has 0 aromatic carbocycles. The van der Waals surface area contributed by atoms with Crippen molar-refractivity contribution in [2.24, 2.45) is 11.7 Å². The third kappa shape index (κ3) is 3.94. The Morgan fingerprint density at radius 2 is 2.00 bits per heavy atom. The summed E-state index contributed by atoms with van der Waals surface area (Å²) in [6.07, 6.45) is -0.0502. The van der Waals surface area contributed by atoms with Gasteiger partial charge in [0.15, 0.2) is 0 Å². The average Bonchev–Trinajstić information content (AvgIpc) is 1.94.